The van der Waals surface area contributed by atoms with E-state index in [0.29, 0.717) is 22.4 Å². The van der Waals surface area contributed by atoms with Crippen molar-refractivity contribution in [3.05, 3.63) is 53.1 Å². The number of aromatic nitrogens is 3. The van der Waals surface area contributed by atoms with Crippen molar-refractivity contribution >= 4 is 39.5 Å². The average Bonchev–Trinajstić information content (AvgIpc) is 3.36. The van der Waals surface area contributed by atoms with E-state index >= 15 is 0 Å². The molecule has 2 N–H and O–H groups in total. The Morgan fingerprint density at radius 1 is 1.10 bits per heavy atom. The van der Waals surface area contributed by atoms with Crippen LogP contribution in [-0.2, 0) is 13.1 Å². The van der Waals surface area contributed by atoms with Gasteiger partial charge in [-0.2, -0.15) is 0 Å². The lowest BCUT2D eigenvalue weighted by Crippen LogP contribution is -2.44. The van der Waals surface area contributed by atoms with E-state index in [0.717, 1.165) is 43.2 Å². The Morgan fingerprint density at radius 3 is 2.58 bits per heavy atom. The predicted molar refractivity (Wildman–Crippen MR) is 122 cm³/mol. The summed E-state index contributed by atoms with van der Waals surface area (Å²) in [5.74, 6) is 1.09. The normalized spacial score (nSPS) is 16.8. The van der Waals surface area contributed by atoms with Crippen LogP contribution in [0.15, 0.2) is 42.5 Å². The Hall–Kier alpha value is -2.83. The zero-order valence-corrected chi connectivity index (χ0v) is 17.8. The van der Waals surface area contributed by atoms with Crippen molar-refractivity contribution in [3.8, 4) is 11.5 Å². The van der Waals surface area contributed by atoms with Crippen molar-refractivity contribution in [1.82, 2.24) is 19.4 Å². The molecule has 6 rings (SSSR count). The van der Waals surface area contributed by atoms with Gasteiger partial charge in [0.2, 0.25) is 0 Å². The fraction of sp³-hybridized carbons (Fsp3) is 0.333. The third-order valence-corrected chi connectivity index (χ3v) is 6.81. The number of imidazole rings is 1. The van der Waals surface area contributed by atoms with Gasteiger partial charge in [0.15, 0.2) is 5.82 Å². The van der Waals surface area contributed by atoms with Gasteiger partial charge in [-0.25, -0.2) is 9.78 Å². The number of rotatable bonds is 6. The molecule has 0 spiro atoms. The number of carboxylic acids is 1. The molecule has 1 saturated heterocycles. The maximum Gasteiger partial charge on any atom is 0.335 e. The maximum atomic E-state index is 11.6. The van der Waals surface area contributed by atoms with E-state index in [4.69, 9.17) is 16.6 Å². The molecule has 1 aliphatic carbocycles. The Morgan fingerprint density at radius 2 is 1.87 bits per heavy atom. The van der Waals surface area contributed by atoms with Crippen molar-refractivity contribution in [3.63, 3.8) is 0 Å². The van der Waals surface area contributed by atoms with Crippen molar-refractivity contribution in [1.29, 1.82) is 0 Å². The van der Waals surface area contributed by atoms with E-state index in [9.17, 15) is 9.90 Å². The van der Waals surface area contributed by atoms with Crippen LogP contribution in [0.25, 0.3) is 33.5 Å². The van der Waals surface area contributed by atoms with Gasteiger partial charge in [0.1, 0.15) is 0 Å². The van der Waals surface area contributed by atoms with Crippen LogP contribution < -0.4 is 5.32 Å². The predicted octanol–water partition coefficient (Wildman–Crippen LogP) is 4.64. The molecule has 4 aromatic rings. The molecular weight excluding hydrogens is 412 g/mol. The number of carbonyl (C=O) groups is 1. The first-order valence-corrected chi connectivity index (χ1v) is 11.2. The fourth-order valence-electron chi connectivity index (χ4n) is 4.60. The Kier molecular flexibility index (Phi) is 4.33. The molecule has 0 radical (unpaired) electrons. The fourth-order valence-corrected chi connectivity index (χ4v) is 4.92. The van der Waals surface area contributed by atoms with Gasteiger partial charge in [-0.05, 0) is 43.0 Å². The topological polar surface area (TPSA) is 72.1 Å². The zero-order valence-electron chi connectivity index (χ0n) is 17.0. The number of hydrogen-bond donors (Lipinski definition) is 2. The van der Waals surface area contributed by atoms with Gasteiger partial charge in [-0.15, -0.1) is 0 Å². The molecule has 31 heavy (non-hydrogen) atoms. The van der Waals surface area contributed by atoms with Crippen LogP contribution in [0.4, 0.5) is 0 Å². The van der Waals surface area contributed by atoms with Crippen LogP contribution in [0.2, 0.25) is 5.02 Å². The first-order chi connectivity index (χ1) is 15.1. The SMILES string of the molecule is O=C(O)c1cc(Cl)c2c(c1)nc(-c1cc3ccccc3n1CC1CC1)n2CC1CNC1. The molecule has 6 nitrogen and oxygen atoms in total. The Bertz CT molecular complexity index is 1330. The quantitative estimate of drug-likeness (QED) is 0.463. The van der Waals surface area contributed by atoms with Crippen LogP contribution >= 0.6 is 11.6 Å². The average molecular weight is 435 g/mol. The first-order valence-electron chi connectivity index (χ1n) is 10.8. The zero-order chi connectivity index (χ0) is 21.1. The molecular formula is C24H23ClN4O2. The monoisotopic (exact) mass is 434 g/mol. The molecule has 2 aromatic heterocycles. The van der Waals surface area contributed by atoms with Gasteiger partial charge < -0.3 is 19.6 Å². The molecule has 7 heteroatoms. The van der Waals surface area contributed by atoms with E-state index in [1.807, 2.05) is 0 Å². The molecule has 1 aliphatic heterocycles. The molecule has 2 fully saturated rings. The first kappa shape index (κ1) is 18.9. The standard InChI is InChI=1S/C24H23ClN4O2/c25-18-7-17(24(30)31)8-19-22(18)29(13-15-10-26-11-15)23(27-19)21-9-16-3-1-2-4-20(16)28(21)12-14-5-6-14/h1-4,7-9,14-15,26H,5-6,10-13H2,(H,30,31). The summed E-state index contributed by atoms with van der Waals surface area (Å²) in [6.07, 6.45) is 2.54. The number of para-hydroxylation sites is 1. The second-order valence-corrected chi connectivity index (χ2v) is 9.25. The van der Waals surface area contributed by atoms with Gasteiger partial charge in [-0.1, -0.05) is 29.8 Å². The molecule has 0 atom stereocenters. The molecule has 0 unspecified atom stereocenters. The van der Waals surface area contributed by atoms with Crippen molar-refractivity contribution in [2.45, 2.75) is 25.9 Å². The number of carboxylic acid groups (broad SMARTS) is 1. The van der Waals surface area contributed by atoms with Crippen LogP contribution in [0.5, 0.6) is 0 Å². The van der Waals surface area contributed by atoms with E-state index in [1.165, 1.54) is 29.8 Å². The summed E-state index contributed by atoms with van der Waals surface area (Å²) in [7, 11) is 0. The number of nitrogens with one attached hydrogen (secondary N) is 1. The highest BCUT2D eigenvalue weighted by molar-refractivity contribution is 6.35. The Balaban J connectivity index is 1.60. The van der Waals surface area contributed by atoms with E-state index in [2.05, 4.69) is 44.8 Å². The smallest absolute Gasteiger partial charge is 0.335 e. The van der Waals surface area contributed by atoms with Crippen molar-refractivity contribution < 1.29 is 9.90 Å². The van der Waals surface area contributed by atoms with Crippen LogP contribution in [-0.4, -0.2) is 38.3 Å². The maximum absolute atomic E-state index is 11.6. The van der Waals surface area contributed by atoms with Gasteiger partial charge in [-0.3, -0.25) is 0 Å². The van der Waals surface area contributed by atoms with Gasteiger partial charge in [0.25, 0.3) is 0 Å². The van der Waals surface area contributed by atoms with Crippen LogP contribution in [0, 0.1) is 11.8 Å². The van der Waals surface area contributed by atoms with E-state index in [-0.39, 0.29) is 5.56 Å². The van der Waals surface area contributed by atoms with E-state index in [1.54, 1.807) is 6.07 Å². The van der Waals surface area contributed by atoms with Gasteiger partial charge >= 0.3 is 5.97 Å². The highest BCUT2D eigenvalue weighted by Crippen LogP contribution is 2.38. The number of aromatic carboxylic acids is 1. The van der Waals surface area contributed by atoms with Crippen LogP contribution in [0.3, 0.4) is 0 Å². The number of benzene rings is 2. The molecule has 2 aliphatic rings. The minimum atomic E-state index is -0.995. The number of hydrogen-bond acceptors (Lipinski definition) is 3. The lowest BCUT2D eigenvalue weighted by Gasteiger charge is -2.28. The van der Waals surface area contributed by atoms with Crippen LogP contribution in [0.1, 0.15) is 23.2 Å². The molecule has 158 valence electrons. The highest BCUT2D eigenvalue weighted by atomic mass is 35.5. The molecule has 0 amide bonds. The minimum Gasteiger partial charge on any atom is -0.478 e. The summed E-state index contributed by atoms with van der Waals surface area (Å²) in [6.45, 7) is 3.71. The summed E-state index contributed by atoms with van der Waals surface area (Å²) in [6, 6.07) is 13.8. The summed E-state index contributed by atoms with van der Waals surface area (Å²) in [5, 5.41) is 14.5. The molecule has 3 heterocycles. The lowest BCUT2D eigenvalue weighted by molar-refractivity contribution is 0.0697. The van der Waals surface area contributed by atoms with Crippen molar-refractivity contribution in [2.75, 3.05) is 13.1 Å². The molecule has 1 saturated carbocycles. The number of halogens is 1. The molecule has 2 aromatic carbocycles. The summed E-state index contributed by atoms with van der Waals surface area (Å²) in [4.78, 5) is 16.5. The number of nitrogens with zero attached hydrogens (tertiary/aromatic N) is 3. The van der Waals surface area contributed by atoms with Gasteiger partial charge in [0.05, 0.1) is 27.3 Å². The summed E-state index contributed by atoms with van der Waals surface area (Å²) in [5.41, 5.74) is 3.90. The van der Waals surface area contributed by atoms with E-state index < -0.39 is 5.97 Å². The largest absolute Gasteiger partial charge is 0.478 e. The number of fused-ring (bicyclic) bond motifs is 2. The summed E-state index contributed by atoms with van der Waals surface area (Å²) >= 11 is 6.62. The second kappa shape index (κ2) is 7.11. The summed E-state index contributed by atoms with van der Waals surface area (Å²) < 4.78 is 4.59. The third-order valence-electron chi connectivity index (χ3n) is 6.53. The Labute approximate surface area is 184 Å². The third kappa shape index (κ3) is 3.22. The molecule has 0 bridgehead atoms. The minimum absolute atomic E-state index is 0.164. The second-order valence-electron chi connectivity index (χ2n) is 8.84. The highest BCUT2D eigenvalue weighted by Gasteiger charge is 2.28. The van der Waals surface area contributed by atoms with Gasteiger partial charge in [0, 0.05) is 43.0 Å². The lowest BCUT2D eigenvalue weighted by atomic mass is 10.0. The van der Waals surface area contributed by atoms with Crippen molar-refractivity contribution in [2.24, 2.45) is 11.8 Å².